The number of amides is 3. The second-order valence-electron chi connectivity index (χ2n) is 9.51. The van der Waals surface area contributed by atoms with Gasteiger partial charge in [0.05, 0.1) is 6.04 Å². The van der Waals surface area contributed by atoms with Crippen molar-refractivity contribution in [3.05, 3.63) is 29.8 Å². The summed E-state index contributed by atoms with van der Waals surface area (Å²) in [6.45, 7) is 0.381. The molecule has 4 unspecified atom stereocenters. The van der Waals surface area contributed by atoms with Gasteiger partial charge in [0.15, 0.2) is 5.96 Å². The second-order valence-corrected chi connectivity index (χ2v) is 9.51. The topological polar surface area (TPSA) is 264 Å². The maximum absolute atomic E-state index is 13.5. The van der Waals surface area contributed by atoms with Gasteiger partial charge in [-0.2, -0.15) is 0 Å². The normalized spacial score (nSPS) is 16.8. The monoisotopic (exact) mass is 563 g/mol. The highest BCUT2D eigenvalue weighted by Gasteiger charge is 2.39. The number of nitrogens with one attached hydrogen (secondary N) is 2. The third-order valence-corrected chi connectivity index (χ3v) is 6.40. The van der Waals surface area contributed by atoms with E-state index >= 15 is 0 Å². The molecule has 0 spiro atoms. The fraction of sp³-hybridized carbons (Fsp3) is 0.520. The molecule has 0 aromatic heterocycles. The summed E-state index contributed by atoms with van der Waals surface area (Å²) < 4.78 is 0. The van der Waals surface area contributed by atoms with Crippen molar-refractivity contribution in [3.63, 3.8) is 0 Å². The van der Waals surface area contributed by atoms with Crippen LogP contribution in [0.15, 0.2) is 29.3 Å². The van der Waals surface area contributed by atoms with Crippen LogP contribution in [0.1, 0.15) is 44.1 Å². The van der Waals surface area contributed by atoms with Crippen molar-refractivity contribution in [1.82, 2.24) is 15.5 Å². The number of carboxylic acid groups (broad SMARTS) is 2. The van der Waals surface area contributed by atoms with Gasteiger partial charge < -0.3 is 48.1 Å². The average molecular weight is 564 g/mol. The first-order valence-corrected chi connectivity index (χ1v) is 12.8. The molecular weight excluding hydrogens is 526 g/mol. The molecule has 1 heterocycles. The molecule has 1 saturated heterocycles. The summed E-state index contributed by atoms with van der Waals surface area (Å²) >= 11 is 0. The highest BCUT2D eigenvalue weighted by Crippen LogP contribution is 2.21. The Hall–Kier alpha value is -4.40. The van der Waals surface area contributed by atoms with E-state index in [4.69, 9.17) is 22.3 Å². The van der Waals surface area contributed by atoms with Crippen molar-refractivity contribution in [1.29, 1.82) is 0 Å². The molecule has 40 heavy (non-hydrogen) atoms. The Balaban J connectivity index is 2.14. The van der Waals surface area contributed by atoms with E-state index in [2.05, 4.69) is 15.6 Å². The van der Waals surface area contributed by atoms with Crippen molar-refractivity contribution in [2.24, 2.45) is 22.2 Å². The number of likely N-dealkylation sites (tertiary alicyclic amines) is 1. The third kappa shape index (κ3) is 10.1. The molecule has 15 nitrogen and oxygen atoms in total. The largest absolute Gasteiger partial charge is 0.508 e. The van der Waals surface area contributed by atoms with Gasteiger partial charge in [0.1, 0.15) is 23.9 Å². The predicted molar refractivity (Wildman–Crippen MR) is 143 cm³/mol. The summed E-state index contributed by atoms with van der Waals surface area (Å²) in [5.74, 6) is -4.45. The van der Waals surface area contributed by atoms with Crippen LogP contribution in [0, 0.1) is 0 Å². The molecule has 4 atom stereocenters. The van der Waals surface area contributed by atoms with Gasteiger partial charge in [-0.05, 0) is 49.8 Å². The lowest BCUT2D eigenvalue weighted by Gasteiger charge is -2.30. The zero-order valence-corrected chi connectivity index (χ0v) is 22.0. The van der Waals surface area contributed by atoms with Gasteiger partial charge in [0, 0.05) is 25.9 Å². The maximum atomic E-state index is 13.5. The first-order valence-electron chi connectivity index (χ1n) is 12.8. The lowest BCUT2D eigenvalue weighted by atomic mass is 10.0. The van der Waals surface area contributed by atoms with Gasteiger partial charge in [-0.15, -0.1) is 0 Å². The highest BCUT2D eigenvalue weighted by molar-refractivity contribution is 5.94. The molecule has 2 rings (SSSR count). The van der Waals surface area contributed by atoms with Crippen LogP contribution in [0.4, 0.5) is 0 Å². The smallest absolute Gasteiger partial charge is 0.326 e. The van der Waals surface area contributed by atoms with E-state index in [1.54, 1.807) is 12.1 Å². The molecule has 3 amide bonds. The summed E-state index contributed by atoms with van der Waals surface area (Å²) in [6, 6.07) is 1.38. The van der Waals surface area contributed by atoms with Crippen molar-refractivity contribution in [2.45, 2.75) is 69.1 Å². The minimum Gasteiger partial charge on any atom is -0.508 e. The Bertz CT molecular complexity index is 1090. The minimum absolute atomic E-state index is 0.0163. The van der Waals surface area contributed by atoms with Crippen molar-refractivity contribution in [2.75, 3.05) is 13.1 Å². The number of hydrogen-bond donors (Lipinski definition) is 8. The van der Waals surface area contributed by atoms with Crippen molar-refractivity contribution >= 4 is 35.6 Å². The van der Waals surface area contributed by atoms with Crippen LogP contribution in [-0.2, 0) is 30.4 Å². The number of hydrogen-bond acceptors (Lipinski definition) is 8. The van der Waals surface area contributed by atoms with Gasteiger partial charge in [-0.25, -0.2) is 4.79 Å². The zero-order valence-electron chi connectivity index (χ0n) is 22.0. The number of guanidine groups is 1. The number of aliphatic carboxylic acids is 2. The van der Waals surface area contributed by atoms with Crippen LogP contribution < -0.4 is 27.8 Å². The Morgan fingerprint density at radius 3 is 2.30 bits per heavy atom. The zero-order chi connectivity index (χ0) is 29.8. The average Bonchev–Trinajstić information content (AvgIpc) is 3.39. The molecule has 220 valence electrons. The number of phenols is 1. The van der Waals surface area contributed by atoms with Crippen molar-refractivity contribution in [3.8, 4) is 5.75 Å². The quantitative estimate of drug-likeness (QED) is 0.0672. The number of aromatic hydroxyl groups is 1. The van der Waals surface area contributed by atoms with E-state index < -0.39 is 53.8 Å². The Kier molecular flexibility index (Phi) is 12.1. The molecule has 1 fully saturated rings. The molecule has 1 aromatic carbocycles. The van der Waals surface area contributed by atoms with Gasteiger partial charge >= 0.3 is 11.9 Å². The fourth-order valence-corrected chi connectivity index (χ4v) is 4.29. The highest BCUT2D eigenvalue weighted by atomic mass is 16.4. The Labute approximate surface area is 230 Å². The van der Waals surface area contributed by atoms with Gasteiger partial charge in [0.2, 0.25) is 17.7 Å². The second kappa shape index (κ2) is 15.3. The number of nitrogens with two attached hydrogens (primary N) is 3. The molecule has 15 heteroatoms. The first kappa shape index (κ1) is 31.8. The number of carboxylic acids is 2. The van der Waals surface area contributed by atoms with Gasteiger partial charge in [0.25, 0.3) is 0 Å². The van der Waals surface area contributed by atoms with Crippen LogP contribution in [0.25, 0.3) is 0 Å². The summed E-state index contributed by atoms with van der Waals surface area (Å²) in [5, 5.41) is 33.0. The molecule has 0 aliphatic carbocycles. The Morgan fingerprint density at radius 2 is 1.70 bits per heavy atom. The third-order valence-electron chi connectivity index (χ3n) is 6.40. The van der Waals surface area contributed by atoms with Crippen LogP contribution in [0.5, 0.6) is 5.75 Å². The van der Waals surface area contributed by atoms with Crippen LogP contribution >= 0.6 is 0 Å². The van der Waals surface area contributed by atoms with Gasteiger partial charge in [-0.1, -0.05) is 12.1 Å². The number of nitrogens with zero attached hydrogens (tertiary/aromatic N) is 2. The van der Waals surface area contributed by atoms with Crippen molar-refractivity contribution < 1.29 is 39.3 Å². The van der Waals surface area contributed by atoms with E-state index in [1.165, 1.54) is 17.0 Å². The number of rotatable bonds is 15. The summed E-state index contributed by atoms with van der Waals surface area (Å²) in [5.41, 5.74) is 17.1. The molecule has 1 aliphatic heterocycles. The predicted octanol–water partition coefficient (Wildman–Crippen LogP) is -1.77. The van der Waals surface area contributed by atoms with E-state index in [9.17, 15) is 34.2 Å². The number of aliphatic imine (C=N–C) groups is 1. The number of phenolic OH excluding ortho intramolecular Hbond substituents is 1. The van der Waals surface area contributed by atoms with Crippen LogP contribution in [0.2, 0.25) is 0 Å². The van der Waals surface area contributed by atoms with E-state index in [0.717, 1.165) is 0 Å². The minimum atomic E-state index is -1.28. The van der Waals surface area contributed by atoms with E-state index in [1.807, 2.05) is 0 Å². The maximum Gasteiger partial charge on any atom is 0.326 e. The molecular formula is C25H37N7O8. The van der Waals surface area contributed by atoms with Crippen LogP contribution in [-0.4, -0.2) is 93.1 Å². The molecule has 1 aliphatic rings. The number of carbonyl (C=O) groups excluding carboxylic acids is 3. The molecule has 0 saturated carbocycles. The summed E-state index contributed by atoms with van der Waals surface area (Å²) in [4.78, 5) is 67.1. The summed E-state index contributed by atoms with van der Waals surface area (Å²) in [6.07, 6.45) is 0.666. The lowest BCUT2D eigenvalue weighted by molar-refractivity contribution is -0.145. The summed E-state index contributed by atoms with van der Waals surface area (Å²) in [7, 11) is 0. The molecule has 0 radical (unpaired) electrons. The number of benzene rings is 1. The molecule has 0 bridgehead atoms. The van der Waals surface area contributed by atoms with Gasteiger partial charge in [-0.3, -0.25) is 24.2 Å². The molecule has 1 aromatic rings. The first-order chi connectivity index (χ1) is 18.9. The lowest BCUT2D eigenvalue weighted by Crippen LogP contribution is -2.57. The Morgan fingerprint density at radius 1 is 1.02 bits per heavy atom. The standard InChI is InChI=1S/C25H37N7O8/c26-16(9-10-20(34)35)21(36)30-17(3-1-11-29-25(27)28)23(38)32-12-2-4-19(32)22(37)31-18(24(39)40)13-14-5-7-15(33)8-6-14/h5-8,16-19,33H,1-4,9-13,26H2,(H,30,36)(H,31,37)(H,34,35)(H,39,40)(H4,27,28,29). The SMILES string of the molecule is NC(N)=NCCCC(NC(=O)C(N)CCC(=O)O)C(=O)N1CCCC1C(=O)NC(Cc1ccc(O)cc1)C(=O)O. The molecule has 11 N–H and O–H groups in total. The van der Waals surface area contributed by atoms with Crippen LogP contribution in [0.3, 0.4) is 0 Å². The van der Waals surface area contributed by atoms with E-state index in [0.29, 0.717) is 18.4 Å². The fourth-order valence-electron chi connectivity index (χ4n) is 4.29. The number of carbonyl (C=O) groups is 5. The van der Waals surface area contributed by atoms with E-state index in [-0.39, 0.29) is 56.9 Å².